The van der Waals surface area contributed by atoms with Crippen LogP contribution >= 0.6 is 11.6 Å². The third-order valence-electron chi connectivity index (χ3n) is 14.4. The number of methoxy groups -OCH3 is 3. The number of piperidine rings is 1. The van der Waals surface area contributed by atoms with Gasteiger partial charge in [0.05, 0.1) is 30.5 Å². The first kappa shape index (κ1) is 54.4. The number of fused-ring (bicyclic) bond motifs is 3. The molecule has 3 aliphatic heterocycles. The SMILES string of the molecule is CC[C@@H]1/C=C(\C)C[C@H](C)C[C@H](OC)[C@H]2O[C@@](O)(C(=O)C(=O)N3CCCC[C@H]3C(=O)O[C@H](/C(C)=C/[C@@H]3CC[C@@H](OCC(=O)Nc4ccc(Cl)cc4)[C@H](OC)C3)[C@H](C)[C@@H](O)CC1=O)[C@H](C)C[C@@H]2OC. The highest BCUT2D eigenvalue weighted by Crippen LogP contribution is 2.39. The Balaban J connectivity index is 1.43. The Morgan fingerprint density at radius 2 is 1.60 bits per heavy atom. The number of halogens is 1. The van der Waals surface area contributed by atoms with E-state index in [0.717, 1.165) is 5.57 Å². The molecular weight excluding hydrogens is 884 g/mol. The topological polar surface area (TPSA) is 196 Å². The van der Waals surface area contributed by atoms with Crippen LogP contribution < -0.4 is 5.32 Å². The van der Waals surface area contributed by atoms with Crippen LogP contribution in [-0.4, -0.2) is 134 Å². The number of carbonyl (C=O) groups is 5. The first-order valence-corrected chi connectivity index (χ1v) is 24.5. The molecule has 2 saturated heterocycles. The van der Waals surface area contributed by atoms with E-state index in [2.05, 4.69) is 5.32 Å². The minimum Gasteiger partial charge on any atom is -0.456 e. The van der Waals surface area contributed by atoms with Gasteiger partial charge in [-0.05, 0) is 120 Å². The number of cyclic esters (lactones) is 1. The summed E-state index contributed by atoms with van der Waals surface area (Å²) in [5.74, 6) is -8.10. The van der Waals surface area contributed by atoms with Crippen LogP contribution in [0.4, 0.5) is 5.69 Å². The number of nitrogens with zero attached hydrogens (tertiary/aromatic N) is 1. The molecule has 0 aromatic heterocycles. The molecule has 374 valence electrons. The number of benzene rings is 1. The highest BCUT2D eigenvalue weighted by Gasteiger charge is 2.56. The van der Waals surface area contributed by atoms with Crippen LogP contribution in [0.5, 0.6) is 0 Å². The Labute approximate surface area is 401 Å². The lowest BCUT2D eigenvalue weighted by atomic mass is 9.81. The lowest BCUT2D eigenvalue weighted by molar-refractivity contribution is -0.302. The number of ketones is 2. The van der Waals surface area contributed by atoms with Crippen LogP contribution in [0.25, 0.3) is 0 Å². The van der Waals surface area contributed by atoms with Crippen molar-refractivity contribution in [2.45, 2.75) is 167 Å². The number of hydrogen-bond acceptors (Lipinski definition) is 13. The van der Waals surface area contributed by atoms with Crippen LogP contribution in [0.1, 0.15) is 112 Å². The number of allylic oxidation sites excluding steroid dienone is 3. The van der Waals surface area contributed by atoms with E-state index < -0.39 is 77.8 Å². The molecule has 0 unspecified atom stereocenters. The first-order valence-electron chi connectivity index (χ1n) is 24.1. The largest absolute Gasteiger partial charge is 0.456 e. The molecular formula is C51H75ClN2O13. The number of rotatable bonds is 10. The van der Waals surface area contributed by atoms with Gasteiger partial charge in [-0.25, -0.2) is 4.79 Å². The number of Topliss-reactive ketones (excluding diaryl/α,β-unsaturated/α-hetero) is 2. The number of aliphatic hydroxyl groups excluding tert-OH is 1. The Kier molecular flexibility index (Phi) is 20.2. The van der Waals surface area contributed by atoms with E-state index in [1.165, 1.54) is 19.1 Å². The minimum absolute atomic E-state index is 0.0150. The monoisotopic (exact) mass is 958 g/mol. The van der Waals surface area contributed by atoms with Gasteiger partial charge in [-0.3, -0.25) is 19.2 Å². The molecule has 2 amide bonds. The van der Waals surface area contributed by atoms with E-state index in [9.17, 15) is 34.2 Å². The standard InChI is InChI=1S/C51H75ClN2O13/c1-10-35-22-29(2)21-30(3)23-43(63-8)47-44(64-9)25-32(5)51(61,67-47)48(58)49(59)54-20-12-11-13-38(54)50(60)66-46(33(6)39(55)27-40(35)56)31(4)24-34-14-19-41(42(26-34)62-7)65-28-45(57)53-37-17-15-36(52)16-18-37/h15-18,22,24,30,32-35,38-39,41-44,46-47,55,61H,10-14,19-21,23,25-28H2,1-9H3,(H,53,57)/b29-22+,31-24+/t30-,32+,33+,34-,35+,38-,39-,41+,42+,43-,44-,46+,47+,51+/m0/s1. The highest BCUT2D eigenvalue weighted by molar-refractivity contribution is 6.39. The third-order valence-corrected chi connectivity index (χ3v) is 14.7. The second-order valence-corrected chi connectivity index (χ2v) is 19.9. The molecule has 14 atom stereocenters. The molecule has 1 saturated carbocycles. The number of carbonyl (C=O) groups excluding carboxylic acids is 5. The third kappa shape index (κ3) is 13.8. The molecule has 1 aromatic carbocycles. The maximum Gasteiger partial charge on any atom is 0.329 e. The van der Waals surface area contributed by atoms with Crippen LogP contribution in [0.15, 0.2) is 47.6 Å². The van der Waals surface area contributed by atoms with E-state index in [0.29, 0.717) is 67.6 Å². The van der Waals surface area contributed by atoms with Crippen molar-refractivity contribution in [3.63, 3.8) is 0 Å². The molecule has 0 spiro atoms. The second kappa shape index (κ2) is 24.8. The van der Waals surface area contributed by atoms with Crippen LogP contribution in [-0.2, 0) is 52.4 Å². The second-order valence-electron chi connectivity index (χ2n) is 19.5. The predicted molar refractivity (Wildman–Crippen MR) is 252 cm³/mol. The Bertz CT molecular complexity index is 1930. The van der Waals surface area contributed by atoms with Crippen molar-refractivity contribution >= 4 is 46.6 Å². The number of ether oxygens (including phenoxy) is 6. The Morgan fingerprint density at radius 1 is 0.925 bits per heavy atom. The zero-order valence-electron chi connectivity index (χ0n) is 40.9. The zero-order chi connectivity index (χ0) is 49.2. The van der Waals surface area contributed by atoms with Gasteiger partial charge in [0.1, 0.15) is 30.6 Å². The van der Waals surface area contributed by atoms with Gasteiger partial charge in [0.15, 0.2) is 0 Å². The van der Waals surface area contributed by atoms with Gasteiger partial charge in [-0.1, -0.05) is 57.0 Å². The quantitative estimate of drug-likeness (QED) is 0.126. The fourth-order valence-corrected chi connectivity index (χ4v) is 10.6. The summed E-state index contributed by atoms with van der Waals surface area (Å²) in [6.07, 6.45) is 3.60. The summed E-state index contributed by atoms with van der Waals surface area (Å²) < 4.78 is 36.3. The summed E-state index contributed by atoms with van der Waals surface area (Å²) in [4.78, 5) is 71.1. The van der Waals surface area contributed by atoms with Crippen molar-refractivity contribution in [1.82, 2.24) is 4.90 Å². The molecule has 67 heavy (non-hydrogen) atoms. The molecule has 16 heteroatoms. The average Bonchev–Trinajstić information content (AvgIpc) is 3.31. The van der Waals surface area contributed by atoms with Crippen LogP contribution in [0, 0.1) is 29.6 Å². The molecule has 4 aliphatic rings. The Morgan fingerprint density at radius 3 is 2.25 bits per heavy atom. The summed E-state index contributed by atoms with van der Waals surface area (Å²) in [6.45, 7) is 11.0. The van der Waals surface area contributed by atoms with E-state index in [1.54, 1.807) is 45.2 Å². The van der Waals surface area contributed by atoms with Crippen molar-refractivity contribution in [2.75, 3.05) is 39.8 Å². The zero-order valence-corrected chi connectivity index (χ0v) is 41.6. The molecule has 3 heterocycles. The number of aliphatic hydroxyl groups is 2. The maximum absolute atomic E-state index is 14.5. The fourth-order valence-electron chi connectivity index (χ4n) is 10.5. The highest BCUT2D eigenvalue weighted by atomic mass is 35.5. The molecule has 3 N–H and O–H groups in total. The number of esters is 1. The lowest BCUT2D eigenvalue weighted by Gasteiger charge is -2.47. The van der Waals surface area contributed by atoms with Crippen molar-refractivity contribution in [1.29, 1.82) is 0 Å². The molecule has 3 fully saturated rings. The normalized spacial score (nSPS) is 36.5. The molecule has 1 aliphatic carbocycles. The van der Waals surface area contributed by atoms with Crippen molar-refractivity contribution < 1.29 is 62.6 Å². The summed E-state index contributed by atoms with van der Waals surface area (Å²) in [5.41, 5.74) is 2.22. The predicted octanol–water partition coefficient (Wildman–Crippen LogP) is 6.79. The van der Waals surface area contributed by atoms with Gasteiger partial charge in [-0.15, -0.1) is 0 Å². The van der Waals surface area contributed by atoms with Crippen molar-refractivity contribution in [2.24, 2.45) is 29.6 Å². The number of hydrogen-bond donors (Lipinski definition) is 3. The van der Waals surface area contributed by atoms with Crippen LogP contribution in [0.2, 0.25) is 5.02 Å². The van der Waals surface area contributed by atoms with Crippen molar-refractivity contribution in [3.8, 4) is 0 Å². The van der Waals surface area contributed by atoms with E-state index in [4.69, 9.17) is 40.0 Å². The molecule has 0 radical (unpaired) electrons. The summed E-state index contributed by atoms with van der Waals surface area (Å²) in [6, 6.07) is 5.61. The van der Waals surface area contributed by atoms with Gasteiger partial charge in [0.25, 0.3) is 11.7 Å². The lowest BCUT2D eigenvalue weighted by Crippen LogP contribution is -2.64. The van der Waals surface area contributed by atoms with E-state index in [1.807, 2.05) is 39.8 Å². The van der Waals surface area contributed by atoms with E-state index >= 15 is 0 Å². The number of nitrogens with one attached hydrogen (secondary N) is 1. The van der Waals surface area contributed by atoms with Crippen molar-refractivity contribution in [3.05, 3.63) is 52.6 Å². The summed E-state index contributed by atoms with van der Waals surface area (Å²) in [7, 11) is 4.65. The van der Waals surface area contributed by atoms with Gasteiger partial charge in [-0.2, -0.15) is 0 Å². The Hall–Kier alpha value is -3.54. The average molecular weight is 960 g/mol. The molecule has 15 nitrogen and oxygen atoms in total. The summed E-state index contributed by atoms with van der Waals surface area (Å²) >= 11 is 5.98. The smallest absolute Gasteiger partial charge is 0.329 e. The van der Waals surface area contributed by atoms with Crippen LogP contribution in [0.3, 0.4) is 0 Å². The first-order chi connectivity index (χ1) is 31.8. The van der Waals surface area contributed by atoms with Gasteiger partial charge in [0, 0.05) is 62.8 Å². The molecule has 2 bridgehead atoms. The molecule has 5 rings (SSSR count). The molecule has 1 aromatic rings. The summed E-state index contributed by atoms with van der Waals surface area (Å²) in [5, 5.41) is 27.3. The van der Waals surface area contributed by atoms with Gasteiger partial charge < -0.3 is 48.9 Å². The van der Waals surface area contributed by atoms with Gasteiger partial charge >= 0.3 is 5.97 Å². The number of amides is 2. The fraction of sp³-hybridized carbons (Fsp3) is 0.706. The van der Waals surface area contributed by atoms with E-state index in [-0.39, 0.29) is 68.1 Å². The minimum atomic E-state index is -2.53. The van der Waals surface area contributed by atoms with Gasteiger partial charge in [0.2, 0.25) is 11.7 Å². The number of anilines is 1. The maximum atomic E-state index is 14.5.